The van der Waals surface area contributed by atoms with E-state index in [0.29, 0.717) is 17.3 Å². The van der Waals surface area contributed by atoms with Gasteiger partial charge in [0.05, 0.1) is 8.07 Å². The highest BCUT2D eigenvalue weighted by Crippen LogP contribution is 2.42. The van der Waals surface area contributed by atoms with Crippen molar-refractivity contribution < 1.29 is 0 Å². The van der Waals surface area contributed by atoms with E-state index in [1.165, 1.54) is 152 Å². The fraction of sp³-hybridized carbons (Fsp3) is 0.529. The zero-order chi connectivity index (χ0) is 79.6. The Kier molecular flexibility index (Phi) is 31.5. The molecule has 0 unspecified atom stereocenters. The predicted octanol–water partition coefficient (Wildman–Crippen LogP) is 30.8. The van der Waals surface area contributed by atoms with Crippen LogP contribution >= 0.6 is 0 Å². The summed E-state index contributed by atoms with van der Waals surface area (Å²) in [7, 11) is -1.17. The van der Waals surface area contributed by atoms with Crippen molar-refractivity contribution in [1.82, 2.24) is 0 Å². The summed E-state index contributed by atoms with van der Waals surface area (Å²) < 4.78 is 0. The van der Waals surface area contributed by atoms with Crippen LogP contribution < -0.4 is 5.19 Å². The van der Waals surface area contributed by atoms with E-state index in [1.807, 2.05) is 0 Å². The highest BCUT2D eigenvalue weighted by atomic mass is 28.3. The normalized spacial score (nSPS) is 12.4. The van der Waals surface area contributed by atoms with Crippen molar-refractivity contribution in [3.05, 3.63) is 250 Å². The van der Waals surface area contributed by atoms with E-state index in [1.54, 1.807) is 5.19 Å². The van der Waals surface area contributed by atoms with Crippen LogP contribution in [0.2, 0.25) is 19.6 Å². The van der Waals surface area contributed by atoms with Crippen LogP contribution in [0.25, 0.3) is 22.3 Å². The van der Waals surface area contributed by atoms with Gasteiger partial charge in [-0.15, -0.1) is 0 Å². The van der Waals surface area contributed by atoms with Crippen LogP contribution in [0.3, 0.4) is 0 Å². The summed E-state index contributed by atoms with van der Waals surface area (Å²) in [5.41, 5.74) is 37.5. The zero-order valence-corrected chi connectivity index (χ0v) is 75.8. The Hall–Kier alpha value is -6.02. The summed E-state index contributed by atoms with van der Waals surface area (Å²) in [5, 5.41) is 1.57. The van der Waals surface area contributed by atoms with Crippen LogP contribution in [0, 0.1) is 76.2 Å². The first-order valence-corrected chi connectivity index (χ1v) is 43.0. The topological polar surface area (TPSA) is 0 Å². The molecule has 0 spiro atoms. The van der Waals surface area contributed by atoms with E-state index >= 15 is 0 Å². The van der Waals surface area contributed by atoms with E-state index in [4.69, 9.17) is 0 Å². The maximum Gasteiger partial charge on any atom is 0.0776 e. The number of hydrogen-bond acceptors (Lipinski definition) is 0. The van der Waals surface area contributed by atoms with Gasteiger partial charge < -0.3 is 0 Å². The number of hydrogen-bond donors (Lipinski definition) is 0. The minimum Gasteiger partial charge on any atom is -0.0656 e. The minimum absolute atomic E-state index is 0.162. The van der Waals surface area contributed by atoms with Crippen molar-refractivity contribution in [1.29, 1.82) is 0 Å². The van der Waals surface area contributed by atoms with Gasteiger partial charge in [0.2, 0.25) is 0 Å². The third-order valence-corrected chi connectivity index (χ3v) is 23.8. The molecule has 0 amide bonds. The van der Waals surface area contributed by atoms with Gasteiger partial charge in [-0.05, 0) is 278 Å². The highest BCUT2D eigenvalue weighted by Gasteiger charge is 2.28. The highest BCUT2D eigenvalue weighted by molar-refractivity contribution is 6.88. The second-order valence-corrected chi connectivity index (χ2v) is 45.1. The van der Waals surface area contributed by atoms with Crippen LogP contribution in [-0.4, -0.2) is 8.07 Å². The maximum atomic E-state index is 2.44. The lowest BCUT2D eigenvalue weighted by Gasteiger charge is -2.30. The summed E-state index contributed by atoms with van der Waals surface area (Å²) in [6.07, 6.45) is 2.41. The molecule has 0 aromatic heterocycles. The Balaban J connectivity index is 0.000000325. The molecule has 0 aliphatic carbocycles. The summed E-state index contributed by atoms with van der Waals surface area (Å²) in [4.78, 5) is 0. The average molecular weight is 1410 g/mol. The summed E-state index contributed by atoms with van der Waals surface area (Å²) >= 11 is 0. The SMILES string of the molecule is CCC(C)(CC)c1ccc(C)c(C(C)(C)C)c1.Cc1cc(-c2c(C(C)C)cccc2C(C)C)cc(C(C)(C)C)c1C.Cc1cc(-c2c(C)cccc2C)cc(C(C)(C)C)c1C.Cc1ccc(C(C)(C)C)cc1C(C)(C)C.Cc1ccc(C)c(C(C)(C)C)c1.Cc1ccc([Si](C)(C)C)cc1C(C)(C)C. The molecule has 0 radical (unpaired) electrons. The van der Waals surface area contributed by atoms with Gasteiger partial charge >= 0.3 is 0 Å². The summed E-state index contributed by atoms with van der Waals surface area (Å²) in [6.45, 7) is 95.8. The molecule has 8 aromatic carbocycles. The smallest absolute Gasteiger partial charge is 0.0656 e. The molecule has 0 N–H and O–H groups in total. The van der Waals surface area contributed by atoms with Crippen molar-refractivity contribution in [3.63, 3.8) is 0 Å². The second-order valence-electron chi connectivity index (χ2n) is 40.0. The van der Waals surface area contributed by atoms with E-state index < -0.39 is 8.07 Å². The van der Waals surface area contributed by atoms with E-state index in [2.05, 4.69) is 423 Å². The van der Waals surface area contributed by atoms with Gasteiger partial charge in [-0.2, -0.15) is 0 Å². The van der Waals surface area contributed by atoms with E-state index in [9.17, 15) is 0 Å². The van der Waals surface area contributed by atoms with Crippen molar-refractivity contribution in [2.24, 2.45) is 0 Å². The molecule has 0 atom stereocenters. The predicted molar refractivity (Wildman–Crippen MR) is 472 cm³/mol. The first-order valence-electron chi connectivity index (χ1n) is 39.5. The Morgan fingerprint density at radius 3 is 0.922 bits per heavy atom. The lowest BCUT2D eigenvalue weighted by atomic mass is 9.74. The van der Waals surface area contributed by atoms with Crippen molar-refractivity contribution in [2.75, 3.05) is 0 Å². The molecule has 0 nitrogen and oxygen atoms in total. The lowest BCUT2D eigenvalue weighted by molar-refractivity contribution is 0.437. The first kappa shape index (κ1) is 91.2. The Morgan fingerprint density at radius 2 is 0.592 bits per heavy atom. The van der Waals surface area contributed by atoms with Gasteiger partial charge in [-0.3, -0.25) is 0 Å². The molecule has 8 aromatic rings. The summed E-state index contributed by atoms with van der Waals surface area (Å²) in [5.74, 6) is 1.05. The van der Waals surface area contributed by atoms with Crippen LogP contribution in [0.5, 0.6) is 0 Å². The third kappa shape index (κ3) is 25.6. The van der Waals surface area contributed by atoms with Crippen LogP contribution in [0.1, 0.15) is 335 Å². The number of benzene rings is 8. The van der Waals surface area contributed by atoms with Gasteiger partial charge in [0.25, 0.3) is 0 Å². The molecule has 1 heteroatoms. The van der Waals surface area contributed by atoms with E-state index in [-0.39, 0.29) is 37.9 Å². The van der Waals surface area contributed by atoms with Crippen LogP contribution in [0.4, 0.5) is 0 Å². The molecule has 0 aliphatic rings. The largest absolute Gasteiger partial charge is 0.0776 e. The van der Waals surface area contributed by atoms with Gasteiger partial charge in [0.1, 0.15) is 0 Å². The molecular formula is C102H154Si. The average Bonchev–Trinajstić information content (AvgIpc) is 0.773. The Morgan fingerprint density at radius 1 is 0.282 bits per heavy atom. The Labute approximate surface area is 639 Å². The monoisotopic (exact) mass is 1410 g/mol. The number of rotatable bonds is 8. The lowest BCUT2D eigenvalue weighted by Crippen LogP contribution is -2.38. The number of aryl methyl sites for hydroxylation is 9. The van der Waals surface area contributed by atoms with Crippen LogP contribution in [0.15, 0.2) is 133 Å². The molecular weight excluding hydrogens is 1250 g/mol. The summed E-state index contributed by atoms with van der Waals surface area (Å²) in [6, 6.07) is 50.5. The van der Waals surface area contributed by atoms with Gasteiger partial charge in [-0.1, -0.05) is 358 Å². The van der Waals surface area contributed by atoms with E-state index in [0.717, 1.165) is 0 Å². The van der Waals surface area contributed by atoms with Crippen LogP contribution in [-0.2, 0) is 43.3 Å². The molecule has 0 saturated carbocycles. The quantitative estimate of drug-likeness (QED) is 0.133. The van der Waals surface area contributed by atoms with Crippen molar-refractivity contribution in [2.45, 2.75) is 358 Å². The molecule has 0 fully saturated rings. The molecule has 103 heavy (non-hydrogen) atoms. The minimum atomic E-state index is -1.17. The zero-order valence-electron chi connectivity index (χ0n) is 74.8. The molecule has 0 heterocycles. The molecule has 566 valence electrons. The van der Waals surface area contributed by atoms with Crippen molar-refractivity contribution >= 4 is 13.3 Å². The standard InChI is InChI=1S/C24H34.C20H26.C17H28.C15H24.C14H24Si.C12H18/c1-15(2)20-11-10-12-21(16(3)4)23(20)19-13-17(5)18(6)22(14-19)24(7,8)9;1-13-9-8-10-14(2)19(13)17-11-15(3)16(4)18(12-17)20(5,6)7;1-8-17(7,9-2)14-11-10-13(3)15(12-14)16(4,5)6;1-11-8-9-12(14(2,3)4)10-13(11)15(5,6)7;1-11-8-9-12(15(5,6)7)10-13(11)14(2,3)4;1-9-6-7-10(2)11(8-9)12(3,4)5/h10-16H,1-9H3;8-12H,1-7H3;10-12H,8-9H2,1-7H3;2*8-10H,1-7H3;6-8H,1-5H3. The second kappa shape index (κ2) is 35.6. The van der Waals surface area contributed by atoms with Gasteiger partial charge in [0, 0.05) is 0 Å². The Bertz CT molecular complexity index is 3940. The van der Waals surface area contributed by atoms with Crippen molar-refractivity contribution in [3.8, 4) is 22.3 Å². The molecule has 0 aliphatic heterocycles. The maximum absolute atomic E-state index is 2.44. The molecule has 0 saturated heterocycles. The van der Waals surface area contributed by atoms with Gasteiger partial charge in [0.15, 0.2) is 0 Å². The molecule has 0 bridgehead atoms. The fourth-order valence-electron chi connectivity index (χ4n) is 14.5. The molecule has 8 rings (SSSR count). The third-order valence-electron chi connectivity index (χ3n) is 21.7. The first-order chi connectivity index (χ1) is 46.6. The van der Waals surface area contributed by atoms with Gasteiger partial charge in [-0.25, -0.2) is 0 Å². The fourth-order valence-corrected chi connectivity index (χ4v) is 15.7.